The van der Waals surface area contributed by atoms with Gasteiger partial charge in [-0.3, -0.25) is 4.79 Å². The van der Waals surface area contributed by atoms with Gasteiger partial charge >= 0.3 is 5.97 Å². The number of methoxy groups -OCH3 is 1. The maximum absolute atomic E-state index is 12.7. The van der Waals surface area contributed by atoms with Crippen LogP contribution in [0.5, 0.6) is 11.5 Å². The monoisotopic (exact) mass is 387 g/mol. The van der Waals surface area contributed by atoms with Gasteiger partial charge in [-0.1, -0.05) is 19.1 Å². The van der Waals surface area contributed by atoms with E-state index >= 15 is 0 Å². The number of thioether (sulfide) groups is 1. The molecule has 1 aliphatic rings. The van der Waals surface area contributed by atoms with Gasteiger partial charge in [0.15, 0.2) is 6.61 Å². The van der Waals surface area contributed by atoms with E-state index in [1.807, 2.05) is 24.3 Å². The van der Waals surface area contributed by atoms with Gasteiger partial charge in [0.1, 0.15) is 17.1 Å². The van der Waals surface area contributed by atoms with Crippen LogP contribution in [0.1, 0.15) is 23.7 Å². The van der Waals surface area contributed by atoms with Crippen LogP contribution in [-0.2, 0) is 9.53 Å². The van der Waals surface area contributed by atoms with Gasteiger partial charge in [0.05, 0.1) is 12.8 Å². The Morgan fingerprint density at radius 2 is 2.04 bits per heavy atom. The lowest BCUT2D eigenvalue weighted by Crippen LogP contribution is -2.35. The second-order valence-corrected chi connectivity index (χ2v) is 7.67. The number of phenolic OH excluding ortho intramolecular Hbond substituents is 1. The molecule has 3 rings (SSSR count). The number of ether oxygens (including phenoxy) is 2. The van der Waals surface area contributed by atoms with Crippen LogP contribution >= 0.6 is 11.8 Å². The van der Waals surface area contributed by atoms with E-state index in [1.165, 1.54) is 25.3 Å². The number of benzene rings is 2. The molecule has 6 nitrogen and oxygen atoms in total. The third-order valence-electron chi connectivity index (χ3n) is 4.29. The van der Waals surface area contributed by atoms with Crippen LogP contribution in [0.2, 0.25) is 0 Å². The summed E-state index contributed by atoms with van der Waals surface area (Å²) in [7, 11) is 1.46. The standard InChI is InChI=1S/C20H21NO5S/c1-13-9-10-21(16-5-3-4-6-18(16)27-13)19(23)12-26-20(24)15-11-14(25-2)7-8-17(15)22/h3-8,11,13,22H,9-10,12H2,1-2H3/t13-/m0/s1. The number of anilines is 1. The molecule has 0 spiro atoms. The number of aromatic hydroxyl groups is 1. The molecule has 1 atom stereocenters. The molecule has 27 heavy (non-hydrogen) atoms. The Kier molecular flexibility index (Phi) is 5.91. The maximum atomic E-state index is 12.7. The molecule has 7 heteroatoms. The van der Waals surface area contributed by atoms with E-state index < -0.39 is 12.6 Å². The molecule has 0 saturated carbocycles. The second kappa shape index (κ2) is 8.35. The quantitative estimate of drug-likeness (QED) is 0.810. The summed E-state index contributed by atoms with van der Waals surface area (Å²) in [5.74, 6) is -0.879. The molecule has 0 fully saturated rings. The first-order chi connectivity index (χ1) is 13.0. The van der Waals surface area contributed by atoms with E-state index in [-0.39, 0.29) is 17.2 Å². The first-order valence-electron chi connectivity index (χ1n) is 8.59. The number of para-hydroxylation sites is 1. The molecule has 1 heterocycles. The number of amides is 1. The smallest absolute Gasteiger partial charge is 0.342 e. The second-order valence-electron chi connectivity index (χ2n) is 6.19. The summed E-state index contributed by atoms with van der Waals surface area (Å²) >= 11 is 1.73. The van der Waals surface area contributed by atoms with Gasteiger partial charge in [-0.15, -0.1) is 11.8 Å². The van der Waals surface area contributed by atoms with E-state index in [0.29, 0.717) is 17.5 Å². The highest BCUT2D eigenvalue weighted by Crippen LogP contribution is 2.37. The molecule has 1 aliphatic heterocycles. The van der Waals surface area contributed by atoms with Crippen molar-refractivity contribution in [1.29, 1.82) is 0 Å². The predicted octanol–water partition coefficient (Wildman–Crippen LogP) is 3.48. The molecule has 1 amide bonds. The number of esters is 1. The lowest BCUT2D eigenvalue weighted by molar-refractivity contribution is -0.121. The van der Waals surface area contributed by atoms with Gasteiger partial charge in [0, 0.05) is 16.7 Å². The van der Waals surface area contributed by atoms with Crippen molar-refractivity contribution in [3.63, 3.8) is 0 Å². The van der Waals surface area contributed by atoms with Crippen molar-refractivity contribution in [3.05, 3.63) is 48.0 Å². The minimum atomic E-state index is -0.773. The average Bonchev–Trinajstić information content (AvgIpc) is 2.84. The molecule has 142 valence electrons. The lowest BCUT2D eigenvalue weighted by atomic mass is 10.2. The fourth-order valence-corrected chi connectivity index (χ4v) is 3.95. The average molecular weight is 387 g/mol. The minimum Gasteiger partial charge on any atom is -0.507 e. The lowest BCUT2D eigenvalue weighted by Gasteiger charge is -2.22. The summed E-state index contributed by atoms with van der Waals surface area (Å²) in [6.07, 6.45) is 0.843. The number of nitrogens with zero attached hydrogens (tertiary/aromatic N) is 1. The molecular formula is C20H21NO5S. The number of hydrogen-bond donors (Lipinski definition) is 1. The zero-order chi connectivity index (χ0) is 19.4. The number of carbonyl (C=O) groups excluding carboxylic acids is 2. The van der Waals surface area contributed by atoms with Gasteiger partial charge in [-0.2, -0.15) is 0 Å². The normalized spacial score (nSPS) is 16.2. The third-order valence-corrected chi connectivity index (χ3v) is 5.53. The largest absolute Gasteiger partial charge is 0.507 e. The van der Waals surface area contributed by atoms with E-state index in [9.17, 15) is 14.7 Å². The number of carbonyl (C=O) groups is 2. The highest BCUT2D eigenvalue weighted by molar-refractivity contribution is 8.00. The van der Waals surface area contributed by atoms with Crippen molar-refractivity contribution in [3.8, 4) is 11.5 Å². The Labute approximate surface area is 162 Å². The summed E-state index contributed by atoms with van der Waals surface area (Å²) in [5.41, 5.74) is 0.791. The van der Waals surface area contributed by atoms with Gasteiger partial charge in [0.2, 0.25) is 0 Å². The minimum absolute atomic E-state index is 0.0393. The Balaban J connectivity index is 1.72. The Hall–Kier alpha value is -2.67. The van der Waals surface area contributed by atoms with Crippen molar-refractivity contribution in [2.24, 2.45) is 0 Å². The van der Waals surface area contributed by atoms with Crippen molar-refractivity contribution < 1.29 is 24.2 Å². The fraction of sp³-hybridized carbons (Fsp3) is 0.300. The molecule has 0 aliphatic carbocycles. The van der Waals surface area contributed by atoms with Gasteiger partial charge < -0.3 is 19.5 Å². The first-order valence-corrected chi connectivity index (χ1v) is 9.47. The van der Waals surface area contributed by atoms with E-state index in [2.05, 4.69) is 6.92 Å². The van der Waals surface area contributed by atoms with Crippen molar-refractivity contribution in [2.45, 2.75) is 23.5 Å². The number of fused-ring (bicyclic) bond motifs is 1. The topological polar surface area (TPSA) is 76.1 Å². The number of hydrogen-bond acceptors (Lipinski definition) is 6. The van der Waals surface area contributed by atoms with Crippen LogP contribution in [0, 0.1) is 0 Å². The van der Waals surface area contributed by atoms with Crippen LogP contribution in [0.4, 0.5) is 5.69 Å². The molecule has 0 unspecified atom stereocenters. The first kappa shape index (κ1) is 19.1. The molecular weight excluding hydrogens is 366 g/mol. The van der Waals surface area contributed by atoms with E-state index in [0.717, 1.165) is 17.0 Å². The van der Waals surface area contributed by atoms with E-state index in [4.69, 9.17) is 9.47 Å². The van der Waals surface area contributed by atoms with Crippen LogP contribution in [0.15, 0.2) is 47.4 Å². The Bertz CT molecular complexity index is 854. The van der Waals surface area contributed by atoms with Crippen LogP contribution < -0.4 is 9.64 Å². The summed E-state index contributed by atoms with van der Waals surface area (Å²) in [6.45, 7) is 2.29. The highest BCUT2D eigenvalue weighted by atomic mass is 32.2. The zero-order valence-corrected chi connectivity index (χ0v) is 16.0. The molecule has 2 aromatic carbocycles. The van der Waals surface area contributed by atoms with Crippen molar-refractivity contribution in [2.75, 3.05) is 25.2 Å². The maximum Gasteiger partial charge on any atom is 0.342 e. The fourth-order valence-electron chi connectivity index (χ4n) is 2.83. The Morgan fingerprint density at radius 1 is 1.26 bits per heavy atom. The zero-order valence-electron chi connectivity index (χ0n) is 15.2. The molecule has 0 bridgehead atoms. The van der Waals surface area contributed by atoms with E-state index in [1.54, 1.807) is 16.7 Å². The SMILES string of the molecule is COc1ccc(O)c(C(=O)OCC(=O)N2CC[C@H](C)Sc3ccccc32)c1. The predicted molar refractivity (Wildman–Crippen MR) is 104 cm³/mol. The Morgan fingerprint density at radius 3 is 2.81 bits per heavy atom. The van der Waals surface area contributed by atoms with Crippen LogP contribution in [0.25, 0.3) is 0 Å². The van der Waals surface area contributed by atoms with Crippen LogP contribution in [-0.4, -0.2) is 42.5 Å². The van der Waals surface area contributed by atoms with Gasteiger partial charge in [-0.25, -0.2) is 4.79 Å². The summed E-state index contributed by atoms with van der Waals surface area (Å²) in [5, 5.41) is 10.2. The highest BCUT2D eigenvalue weighted by Gasteiger charge is 2.25. The molecule has 0 saturated heterocycles. The molecule has 2 aromatic rings. The third kappa shape index (κ3) is 4.36. The molecule has 0 radical (unpaired) electrons. The molecule has 1 N–H and O–H groups in total. The summed E-state index contributed by atoms with van der Waals surface area (Å²) < 4.78 is 10.2. The summed E-state index contributed by atoms with van der Waals surface area (Å²) in [4.78, 5) is 27.7. The van der Waals surface area contributed by atoms with Gasteiger partial charge in [-0.05, 0) is 36.8 Å². The summed E-state index contributed by atoms with van der Waals surface area (Å²) in [6, 6.07) is 12.0. The molecule has 0 aromatic heterocycles. The van der Waals surface area contributed by atoms with Crippen molar-refractivity contribution in [1.82, 2.24) is 0 Å². The number of rotatable bonds is 4. The van der Waals surface area contributed by atoms with Crippen LogP contribution in [0.3, 0.4) is 0 Å². The number of phenols is 1. The van der Waals surface area contributed by atoms with Crippen molar-refractivity contribution >= 4 is 29.3 Å². The van der Waals surface area contributed by atoms with Gasteiger partial charge in [0.25, 0.3) is 5.91 Å².